The number of fused-ring (bicyclic) bond motifs is 3. The van der Waals surface area contributed by atoms with Gasteiger partial charge >= 0.3 is 0 Å². The molecule has 2 aromatic heterocycles. The van der Waals surface area contributed by atoms with Crippen LogP contribution in [0.25, 0.3) is 21.8 Å². The average molecular weight is 210 g/mol. The summed E-state index contributed by atoms with van der Waals surface area (Å²) in [6.07, 6.45) is 0. The number of hydrogen-bond acceptors (Lipinski definition) is 1. The number of aryl methyl sites for hydroxylation is 3. The molecule has 0 saturated carbocycles. The third kappa shape index (κ3) is 1.23. The van der Waals surface area contributed by atoms with Gasteiger partial charge in [-0.1, -0.05) is 11.6 Å². The molecule has 0 spiro atoms. The van der Waals surface area contributed by atoms with Gasteiger partial charge in [0.1, 0.15) is 0 Å². The van der Waals surface area contributed by atoms with E-state index in [1.54, 1.807) is 0 Å². The zero-order valence-corrected chi connectivity index (χ0v) is 9.76. The van der Waals surface area contributed by atoms with Gasteiger partial charge < -0.3 is 4.98 Å². The molecule has 80 valence electrons. The Morgan fingerprint density at radius 3 is 2.62 bits per heavy atom. The van der Waals surface area contributed by atoms with Gasteiger partial charge in [-0.15, -0.1) is 0 Å². The van der Waals surface area contributed by atoms with Crippen molar-refractivity contribution in [3.05, 3.63) is 41.2 Å². The number of nitrogens with one attached hydrogen (secondary N) is 1. The van der Waals surface area contributed by atoms with Crippen molar-refractivity contribution in [2.75, 3.05) is 0 Å². The molecule has 2 nitrogen and oxygen atoms in total. The smallest absolute Gasteiger partial charge is 0.0726 e. The van der Waals surface area contributed by atoms with E-state index in [2.05, 4.69) is 55.0 Å². The lowest BCUT2D eigenvalue weighted by atomic mass is 10.1. The number of pyridine rings is 1. The van der Waals surface area contributed by atoms with Gasteiger partial charge in [-0.25, -0.2) is 0 Å². The van der Waals surface area contributed by atoms with Crippen LogP contribution in [0.3, 0.4) is 0 Å². The zero-order chi connectivity index (χ0) is 11.3. The summed E-state index contributed by atoms with van der Waals surface area (Å²) < 4.78 is 0. The summed E-state index contributed by atoms with van der Waals surface area (Å²) >= 11 is 0. The van der Waals surface area contributed by atoms with E-state index in [1.807, 2.05) is 0 Å². The molecular formula is C14H14N2. The quantitative estimate of drug-likeness (QED) is 0.603. The summed E-state index contributed by atoms with van der Waals surface area (Å²) in [4.78, 5) is 8.07. The lowest BCUT2D eigenvalue weighted by molar-refractivity contribution is 1.28. The minimum Gasteiger partial charge on any atom is -0.358 e. The Balaban J connectivity index is 2.59. The monoisotopic (exact) mass is 210 g/mol. The molecule has 0 saturated heterocycles. The van der Waals surface area contributed by atoms with Crippen LogP contribution >= 0.6 is 0 Å². The van der Waals surface area contributed by atoms with Crippen LogP contribution in [0.1, 0.15) is 17.0 Å². The molecular weight excluding hydrogens is 196 g/mol. The molecule has 3 aromatic rings. The second kappa shape index (κ2) is 3.08. The molecule has 1 aromatic carbocycles. The highest BCUT2D eigenvalue weighted by Gasteiger charge is 2.07. The maximum Gasteiger partial charge on any atom is 0.0726 e. The van der Waals surface area contributed by atoms with Gasteiger partial charge in [0.2, 0.25) is 0 Å². The van der Waals surface area contributed by atoms with Gasteiger partial charge in [0.25, 0.3) is 0 Å². The van der Waals surface area contributed by atoms with Crippen LogP contribution < -0.4 is 0 Å². The molecule has 0 radical (unpaired) electrons. The third-order valence-electron chi connectivity index (χ3n) is 3.05. The number of benzene rings is 1. The summed E-state index contributed by atoms with van der Waals surface area (Å²) in [6.45, 7) is 6.26. The van der Waals surface area contributed by atoms with E-state index >= 15 is 0 Å². The Labute approximate surface area is 94.3 Å². The average Bonchev–Trinajstić information content (AvgIpc) is 2.62. The van der Waals surface area contributed by atoms with Gasteiger partial charge in [0.05, 0.1) is 11.0 Å². The number of hydrogen-bond donors (Lipinski definition) is 1. The summed E-state index contributed by atoms with van der Waals surface area (Å²) in [6, 6.07) is 8.56. The third-order valence-corrected chi connectivity index (χ3v) is 3.05. The minimum absolute atomic E-state index is 1.07. The van der Waals surface area contributed by atoms with Crippen LogP contribution in [0.4, 0.5) is 0 Å². The maximum absolute atomic E-state index is 4.64. The lowest BCUT2D eigenvalue weighted by Gasteiger charge is -2.03. The summed E-state index contributed by atoms with van der Waals surface area (Å²) in [5, 5.41) is 2.45. The molecule has 16 heavy (non-hydrogen) atoms. The van der Waals surface area contributed by atoms with Crippen molar-refractivity contribution in [2.24, 2.45) is 0 Å². The number of H-pyrrole nitrogens is 1. The Bertz CT molecular complexity index is 693. The van der Waals surface area contributed by atoms with E-state index in [9.17, 15) is 0 Å². The van der Waals surface area contributed by atoms with Crippen molar-refractivity contribution in [3.8, 4) is 0 Å². The highest BCUT2D eigenvalue weighted by atomic mass is 14.8. The van der Waals surface area contributed by atoms with Crippen LogP contribution in [0.2, 0.25) is 0 Å². The van der Waals surface area contributed by atoms with E-state index in [0.29, 0.717) is 0 Å². The van der Waals surface area contributed by atoms with Crippen molar-refractivity contribution < 1.29 is 0 Å². The Kier molecular flexibility index (Phi) is 1.81. The molecule has 0 aliphatic rings. The van der Waals surface area contributed by atoms with Gasteiger partial charge in [-0.2, -0.15) is 0 Å². The molecule has 0 fully saturated rings. The Hall–Kier alpha value is -1.83. The van der Waals surface area contributed by atoms with Gasteiger partial charge in [0, 0.05) is 22.2 Å². The number of rotatable bonds is 0. The standard InChI is InChI=1S/C14H14N2/c1-8-4-5-13-12(6-8)14-11(10(3)16-13)7-9(2)15-14/h4-7,15H,1-3H3. The van der Waals surface area contributed by atoms with Crippen LogP contribution in [0, 0.1) is 20.8 Å². The van der Waals surface area contributed by atoms with Crippen LogP contribution in [0.5, 0.6) is 0 Å². The molecule has 0 aliphatic carbocycles. The fourth-order valence-corrected chi connectivity index (χ4v) is 2.28. The first-order valence-corrected chi connectivity index (χ1v) is 5.51. The van der Waals surface area contributed by atoms with Gasteiger partial charge in [-0.3, -0.25) is 4.98 Å². The first-order valence-electron chi connectivity index (χ1n) is 5.51. The fraction of sp³-hybridized carbons (Fsp3) is 0.214. The van der Waals surface area contributed by atoms with Crippen molar-refractivity contribution in [2.45, 2.75) is 20.8 Å². The second-order valence-electron chi connectivity index (χ2n) is 4.46. The van der Waals surface area contributed by atoms with E-state index in [1.165, 1.54) is 27.5 Å². The highest BCUT2D eigenvalue weighted by molar-refractivity contribution is 6.05. The van der Waals surface area contributed by atoms with Crippen LogP contribution in [0.15, 0.2) is 24.3 Å². The predicted molar refractivity (Wildman–Crippen MR) is 67.8 cm³/mol. The molecule has 1 N–H and O–H groups in total. The molecule has 0 bridgehead atoms. The van der Waals surface area contributed by atoms with E-state index in [-0.39, 0.29) is 0 Å². The lowest BCUT2D eigenvalue weighted by Crippen LogP contribution is -1.86. The van der Waals surface area contributed by atoms with E-state index in [0.717, 1.165) is 11.2 Å². The molecule has 3 rings (SSSR count). The van der Waals surface area contributed by atoms with E-state index < -0.39 is 0 Å². The number of aromatic amines is 1. The number of aromatic nitrogens is 2. The first-order chi connectivity index (χ1) is 7.65. The summed E-state index contributed by atoms with van der Waals surface area (Å²) in [7, 11) is 0. The summed E-state index contributed by atoms with van der Waals surface area (Å²) in [5.74, 6) is 0. The molecule has 0 unspecified atom stereocenters. The molecule has 0 atom stereocenters. The van der Waals surface area contributed by atoms with Crippen LogP contribution in [-0.2, 0) is 0 Å². The van der Waals surface area contributed by atoms with Gasteiger partial charge in [-0.05, 0) is 39.0 Å². The van der Waals surface area contributed by atoms with Crippen LogP contribution in [-0.4, -0.2) is 9.97 Å². The Morgan fingerprint density at radius 2 is 1.81 bits per heavy atom. The molecule has 0 aliphatic heterocycles. The van der Waals surface area contributed by atoms with E-state index in [4.69, 9.17) is 0 Å². The number of nitrogens with zero attached hydrogens (tertiary/aromatic N) is 1. The predicted octanol–water partition coefficient (Wildman–Crippen LogP) is 3.64. The minimum atomic E-state index is 1.07. The highest BCUT2D eigenvalue weighted by Crippen LogP contribution is 2.26. The van der Waals surface area contributed by atoms with Crippen molar-refractivity contribution in [1.29, 1.82) is 0 Å². The SMILES string of the molecule is Cc1ccc2nc(C)c3cc(C)[nH]c3c2c1. The topological polar surface area (TPSA) is 28.7 Å². The molecule has 2 heterocycles. The van der Waals surface area contributed by atoms with Crippen molar-refractivity contribution >= 4 is 21.8 Å². The second-order valence-corrected chi connectivity index (χ2v) is 4.46. The molecule has 2 heteroatoms. The zero-order valence-electron chi connectivity index (χ0n) is 9.76. The largest absolute Gasteiger partial charge is 0.358 e. The maximum atomic E-state index is 4.64. The molecule has 0 amide bonds. The Morgan fingerprint density at radius 1 is 1.00 bits per heavy atom. The van der Waals surface area contributed by atoms with Crippen molar-refractivity contribution in [1.82, 2.24) is 9.97 Å². The first kappa shape index (κ1) is 9.40. The fourth-order valence-electron chi connectivity index (χ4n) is 2.28. The summed E-state index contributed by atoms with van der Waals surface area (Å²) in [5.41, 5.74) is 5.83. The normalized spacial score (nSPS) is 11.4. The van der Waals surface area contributed by atoms with Crippen molar-refractivity contribution in [3.63, 3.8) is 0 Å². The van der Waals surface area contributed by atoms with Gasteiger partial charge in [0.15, 0.2) is 0 Å².